The van der Waals surface area contributed by atoms with Crippen LogP contribution in [0.2, 0.25) is 0 Å². The van der Waals surface area contributed by atoms with Gasteiger partial charge in [0, 0.05) is 13.1 Å². The molecule has 21 heavy (non-hydrogen) atoms. The van der Waals surface area contributed by atoms with Gasteiger partial charge in [0.25, 0.3) is 0 Å². The second-order valence-corrected chi connectivity index (χ2v) is 7.50. The van der Waals surface area contributed by atoms with Gasteiger partial charge in [0.15, 0.2) is 0 Å². The van der Waals surface area contributed by atoms with Gasteiger partial charge >= 0.3 is 0 Å². The average Bonchev–Trinajstić information content (AvgIpc) is 2.40. The molecule has 0 saturated carbocycles. The van der Waals surface area contributed by atoms with E-state index >= 15 is 0 Å². The molecule has 1 heterocycles. The van der Waals surface area contributed by atoms with E-state index in [4.69, 9.17) is 9.47 Å². The van der Waals surface area contributed by atoms with Crippen LogP contribution >= 0.6 is 0 Å². The lowest BCUT2D eigenvalue weighted by molar-refractivity contribution is -0.0440. The summed E-state index contributed by atoms with van der Waals surface area (Å²) in [5.41, 5.74) is 1.59. The standard InChI is InChI=1S/C15H23NO4S/c1-10-8-16(9-11(2)20-10)21(17,18)15-7-6-14(19-5)12(3)13(15)4/h6-7,10-11H,8-9H2,1-5H3/t10-,11+. The quantitative estimate of drug-likeness (QED) is 0.857. The van der Waals surface area contributed by atoms with E-state index in [0.29, 0.717) is 23.7 Å². The fourth-order valence-electron chi connectivity index (χ4n) is 2.74. The number of nitrogens with zero attached hydrogens (tertiary/aromatic N) is 1. The highest BCUT2D eigenvalue weighted by Crippen LogP contribution is 2.30. The highest BCUT2D eigenvalue weighted by atomic mass is 32.2. The van der Waals surface area contributed by atoms with E-state index in [-0.39, 0.29) is 12.2 Å². The third-order valence-electron chi connectivity index (χ3n) is 3.91. The van der Waals surface area contributed by atoms with Gasteiger partial charge in [0.1, 0.15) is 5.75 Å². The summed E-state index contributed by atoms with van der Waals surface area (Å²) in [6.45, 7) is 8.25. The molecule has 1 aliphatic heterocycles. The summed E-state index contributed by atoms with van der Waals surface area (Å²) in [6.07, 6.45) is -0.189. The lowest BCUT2D eigenvalue weighted by Gasteiger charge is -2.34. The SMILES string of the molecule is COc1ccc(S(=O)(=O)N2C[C@@H](C)O[C@@H](C)C2)c(C)c1C. The van der Waals surface area contributed by atoms with Gasteiger partial charge in [-0.3, -0.25) is 0 Å². The maximum Gasteiger partial charge on any atom is 0.243 e. The largest absolute Gasteiger partial charge is 0.496 e. The first-order valence-corrected chi connectivity index (χ1v) is 8.51. The average molecular weight is 313 g/mol. The van der Waals surface area contributed by atoms with E-state index in [0.717, 1.165) is 11.1 Å². The predicted octanol–water partition coefficient (Wildman–Crippen LogP) is 2.11. The first-order valence-electron chi connectivity index (χ1n) is 7.07. The van der Waals surface area contributed by atoms with E-state index in [1.54, 1.807) is 19.2 Å². The number of hydrogen-bond donors (Lipinski definition) is 0. The van der Waals surface area contributed by atoms with Crippen LogP contribution in [0.4, 0.5) is 0 Å². The third-order valence-corrected chi connectivity index (χ3v) is 5.89. The molecule has 2 rings (SSSR count). The molecular weight excluding hydrogens is 290 g/mol. The van der Waals surface area contributed by atoms with Crippen molar-refractivity contribution >= 4 is 10.0 Å². The van der Waals surface area contributed by atoms with Crippen molar-refractivity contribution < 1.29 is 17.9 Å². The van der Waals surface area contributed by atoms with Gasteiger partial charge < -0.3 is 9.47 Å². The summed E-state index contributed by atoms with van der Waals surface area (Å²) in [5, 5.41) is 0. The molecule has 0 aliphatic carbocycles. The Hall–Kier alpha value is -1.11. The maximum atomic E-state index is 12.9. The van der Waals surface area contributed by atoms with Crippen LogP contribution in [0.3, 0.4) is 0 Å². The topological polar surface area (TPSA) is 55.8 Å². The second-order valence-electron chi connectivity index (χ2n) is 5.60. The Bertz CT molecular complexity index is 617. The molecule has 1 aromatic rings. The second kappa shape index (κ2) is 5.94. The van der Waals surface area contributed by atoms with Crippen molar-refractivity contribution in [2.45, 2.75) is 44.8 Å². The number of ether oxygens (including phenoxy) is 2. The Balaban J connectivity index is 2.42. The van der Waals surface area contributed by atoms with Crippen LogP contribution in [0.5, 0.6) is 5.75 Å². The van der Waals surface area contributed by atoms with Gasteiger partial charge in [-0.05, 0) is 51.0 Å². The zero-order valence-corrected chi connectivity index (χ0v) is 14.0. The van der Waals surface area contributed by atoms with E-state index in [1.807, 2.05) is 27.7 Å². The molecule has 0 spiro atoms. The summed E-state index contributed by atoms with van der Waals surface area (Å²) in [4.78, 5) is 0.349. The lowest BCUT2D eigenvalue weighted by Crippen LogP contribution is -2.48. The summed E-state index contributed by atoms with van der Waals surface area (Å²) < 4.78 is 38.1. The van der Waals surface area contributed by atoms with Gasteiger partial charge in [-0.25, -0.2) is 8.42 Å². The minimum absolute atomic E-state index is 0.0943. The van der Waals surface area contributed by atoms with E-state index in [9.17, 15) is 8.42 Å². The fourth-order valence-corrected chi connectivity index (χ4v) is 4.61. The molecule has 0 amide bonds. The Kier molecular flexibility index (Phi) is 4.60. The van der Waals surface area contributed by atoms with Gasteiger partial charge in [-0.1, -0.05) is 0 Å². The molecule has 118 valence electrons. The van der Waals surface area contributed by atoms with Crippen LogP contribution in [0, 0.1) is 13.8 Å². The van der Waals surface area contributed by atoms with Gasteiger partial charge in [-0.2, -0.15) is 4.31 Å². The highest BCUT2D eigenvalue weighted by Gasteiger charge is 2.33. The van der Waals surface area contributed by atoms with Crippen molar-refractivity contribution in [3.8, 4) is 5.75 Å². The monoisotopic (exact) mass is 313 g/mol. The zero-order chi connectivity index (χ0) is 15.8. The summed E-state index contributed by atoms with van der Waals surface area (Å²) in [5.74, 6) is 0.704. The Morgan fingerprint density at radius 2 is 1.71 bits per heavy atom. The number of rotatable bonds is 3. The van der Waals surface area contributed by atoms with Crippen molar-refractivity contribution in [2.75, 3.05) is 20.2 Å². The number of hydrogen-bond acceptors (Lipinski definition) is 4. The van der Waals surface area contributed by atoms with Crippen LogP contribution in [0.25, 0.3) is 0 Å². The fraction of sp³-hybridized carbons (Fsp3) is 0.600. The van der Waals surface area contributed by atoms with E-state index < -0.39 is 10.0 Å². The Morgan fingerprint density at radius 1 is 1.14 bits per heavy atom. The molecule has 1 saturated heterocycles. The molecule has 0 bridgehead atoms. The molecule has 5 nitrogen and oxygen atoms in total. The van der Waals surface area contributed by atoms with E-state index in [2.05, 4.69) is 0 Å². The van der Waals surface area contributed by atoms with Crippen LogP contribution < -0.4 is 4.74 Å². The number of morpholine rings is 1. The Labute approximate surface area is 126 Å². The first kappa shape index (κ1) is 16.3. The smallest absolute Gasteiger partial charge is 0.243 e. The van der Waals surface area contributed by atoms with E-state index in [1.165, 1.54) is 4.31 Å². The van der Waals surface area contributed by atoms with Crippen molar-refractivity contribution in [2.24, 2.45) is 0 Å². The molecule has 0 unspecified atom stereocenters. The van der Waals surface area contributed by atoms with Gasteiger partial charge in [0.05, 0.1) is 24.2 Å². The minimum Gasteiger partial charge on any atom is -0.496 e. The number of benzene rings is 1. The van der Waals surface area contributed by atoms with Crippen LogP contribution in [0.15, 0.2) is 17.0 Å². The van der Waals surface area contributed by atoms with Gasteiger partial charge in [-0.15, -0.1) is 0 Å². The molecular formula is C15H23NO4S. The van der Waals surface area contributed by atoms with Crippen molar-refractivity contribution in [3.63, 3.8) is 0 Å². The zero-order valence-electron chi connectivity index (χ0n) is 13.2. The Morgan fingerprint density at radius 3 is 2.24 bits per heavy atom. The minimum atomic E-state index is -3.51. The molecule has 2 atom stereocenters. The molecule has 0 N–H and O–H groups in total. The predicted molar refractivity (Wildman–Crippen MR) is 81.2 cm³/mol. The highest BCUT2D eigenvalue weighted by molar-refractivity contribution is 7.89. The molecule has 0 aromatic heterocycles. The van der Waals surface area contributed by atoms with Crippen LogP contribution in [-0.4, -0.2) is 45.1 Å². The van der Waals surface area contributed by atoms with Crippen LogP contribution in [-0.2, 0) is 14.8 Å². The van der Waals surface area contributed by atoms with Crippen molar-refractivity contribution in [3.05, 3.63) is 23.3 Å². The van der Waals surface area contributed by atoms with Gasteiger partial charge in [0.2, 0.25) is 10.0 Å². The summed E-state index contributed by atoms with van der Waals surface area (Å²) in [7, 11) is -1.92. The van der Waals surface area contributed by atoms with Crippen molar-refractivity contribution in [1.29, 1.82) is 0 Å². The molecule has 1 fully saturated rings. The lowest BCUT2D eigenvalue weighted by atomic mass is 10.1. The first-order chi connectivity index (χ1) is 9.77. The van der Waals surface area contributed by atoms with Crippen molar-refractivity contribution in [1.82, 2.24) is 4.31 Å². The number of methoxy groups -OCH3 is 1. The van der Waals surface area contributed by atoms with Crippen LogP contribution in [0.1, 0.15) is 25.0 Å². The molecule has 1 aromatic carbocycles. The normalized spacial score (nSPS) is 24.0. The molecule has 0 radical (unpaired) electrons. The summed E-state index contributed by atoms with van der Waals surface area (Å²) >= 11 is 0. The number of sulfonamides is 1. The maximum absolute atomic E-state index is 12.9. The molecule has 1 aliphatic rings. The molecule has 6 heteroatoms. The third kappa shape index (κ3) is 3.07. The summed E-state index contributed by atoms with van der Waals surface area (Å²) in [6, 6.07) is 3.34.